The molecule has 2 heteroatoms. The molecule has 0 fully saturated rings. The van der Waals surface area contributed by atoms with Gasteiger partial charge in [-0.15, -0.1) is 6.58 Å². The van der Waals surface area contributed by atoms with Gasteiger partial charge < -0.3 is 0 Å². The lowest BCUT2D eigenvalue weighted by Crippen LogP contribution is -2.37. The molecule has 0 aliphatic heterocycles. The van der Waals surface area contributed by atoms with Crippen molar-refractivity contribution in [1.82, 2.24) is 10.9 Å². The van der Waals surface area contributed by atoms with Crippen LogP contribution in [0.4, 0.5) is 0 Å². The molecule has 8 heavy (non-hydrogen) atoms. The third kappa shape index (κ3) is 3.84. The van der Waals surface area contributed by atoms with E-state index in [1.165, 1.54) is 0 Å². The van der Waals surface area contributed by atoms with Gasteiger partial charge >= 0.3 is 0 Å². The molecule has 48 valence electrons. The summed E-state index contributed by atoms with van der Waals surface area (Å²) in [7, 11) is 0. The lowest BCUT2D eigenvalue weighted by Gasteiger charge is -2.07. The number of rotatable bonds is 4. The van der Waals surface area contributed by atoms with E-state index in [4.69, 9.17) is 0 Å². The normalized spacial score (nSPS) is 13.2. The molecule has 0 aliphatic carbocycles. The summed E-state index contributed by atoms with van der Waals surface area (Å²) in [6.45, 7) is 8.64. The summed E-state index contributed by atoms with van der Waals surface area (Å²) in [5, 5.41) is 0. The summed E-state index contributed by atoms with van der Waals surface area (Å²) < 4.78 is 0. The quantitative estimate of drug-likeness (QED) is 0.415. The summed E-state index contributed by atoms with van der Waals surface area (Å²) in [6.07, 6.45) is 1.85. The van der Waals surface area contributed by atoms with Gasteiger partial charge in [-0.2, -0.15) is 0 Å². The number of nitrogens with one attached hydrogen (secondary N) is 2. The third-order valence-corrected chi connectivity index (χ3v) is 0.860. The largest absolute Gasteiger partial charge is 0.258 e. The van der Waals surface area contributed by atoms with Crippen LogP contribution in [0, 0.1) is 0 Å². The molecule has 0 rings (SSSR count). The zero-order valence-corrected chi connectivity index (χ0v) is 5.57. The minimum absolute atomic E-state index is 0.356. The summed E-state index contributed by atoms with van der Waals surface area (Å²) in [5.41, 5.74) is 5.99. The molecule has 0 heterocycles. The van der Waals surface area contributed by atoms with Crippen molar-refractivity contribution in [3.05, 3.63) is 12.7 Å². The molecule has 0 bridgehead atoms. The highest BCUT2D eigenvalue weighted by molar-refractivity contribution is 4.79. The molecule has 0 spiro atoms. The van der Waals surface area contributed by atoms with Crippen LogP contribution in [0.1, 0.15) is 13.8 Å². The topological polar surface area (TPSA) is 24.1 Å². The fraction of sp³-hybridized carbons (Fsp3) is 0.667. The van der Waals surface area contributed by atoms with Gasteiger partial charge in [0.1, 0.15) is 0 Å². The SMILES string of the molecule is C=CC(C)NNCC. The van der Waals surface area contributed by atoms with Crippen LogP contribution in [0.15, 0.2) is 12.7 Å². The summed E-state index contributed by atoms with van der Waals surface area (Å²) in [5.74, 6) is 0. The molecule has 1 atom stereocenters. The summed E-state index contributed by atoms with van der Waals surface area (Å²) in [4.78, 5) is 0. The van der Waals surface area contributed by atoms with Gasteiger partial charge in [0, 0.05) is 12.6 Å². The molecule has 1 unspecified atom stereocenters. The maximum atomic E-state index is 3.61. The van der Waals surface area contributed by atoms with Gasteiger partial charge in [-0.05, 0) is 6.92 Å². The Morgan fingerprint density at radius 3 is 2.75 bits per heavy atom. The van der Waals surface area contributed by atoms with Gasteiger partial charge in [0.15, 0.2) is 0 Å². The van der Waals surface area contributed by atoms with Crippen molar-refractivity contribution < 1.29 is 0 Å². The van der Waals surface area contributed by atoms with Crippen LogP contribution in [-0.2, 0) is 0 Å². The average Bonchev–Trinajstić information content (AvgIpc) is 1.83. The predicted molar refractivity (Wildman–Crippen MR) is 36.5 cm³/mol. The van der Waals surface area contributed by atoms with E-state index in [9.17, 15) is 0 Å². The van der Waals surface area contributed by atoms with Crippen LogP contribution in [0.2, 0.25) is 0 Å². The van der Waals surface area contributed by atoms with E-state index in [-0.39, 0.29) is 0 Å². The Bertz CT molecular complexity index is 61.5. The van der Waals surface area contributed by atoms with Crippen molar-refractivity contribution in [2.24, 2.45) is 0 Å². The fourth-order valence-corrected chi connectivity index (χ4v) is 0.322. The van der Waals surface area contributed by atoms with Crippen molar-refractivity contribution in [2.75, 3.05) is 6.54 Å². The second-order valence-electron chi connectivity index (χ2n) is 1.70. The molecule has 0 radical (unpaired) electrons. The van der Waals surface area contributed by atoms with E-state index >= 15 is 0 Å². The second kappa shape index (κ2) is 4.81. The first kappa shape index (κ1) is 7.66. The van der Waals surface area contributed by atoms with Crippen molar-refractivity contribution in [3.8, 4) is 0 Å². The third-order valence-electron chi connectivity index (χ3n) is 0.860. The minimum Gasteiger partial charge on any atom is -0.258 e. The van der Waals surface area contributed by atoms with Crippen molar-refractivity contribution in [3.63, 3.8) is 0 Å². The Morgan fingerprint density at radius 1 is 1.75 bits per heavy atom. The first-order valence-electron chi connectivity index (χ1n) is 2.92. The Labute approximate surface area is 50.9 Å². The van der Waals surface area contributed by atoms with Gasteiger partial charge in [-0.25, -0.2) is 0 Å². The van der Waals surface area contributed by atoms with Crippen LogP contribution in [0.3, 0.4) is 0 Å². The van der Waals surface area contributed by atoms with Gasteiger partial charge in [0.2, 0.25) is 0 Å². The van der Waals surface area contributed by atoms with Crippen LogP contribution >= 0.6 is 0 Å². The Hall–Kier alpha value is -0.340. The Balaban J connectivity index is 2.98. The van der Waals surface area contributed by atoms with Crippen LogP contribution < -0.4 is 10.9 Å². The van der Waals surface area contributed by atoms with Crippen LogP contribution in [0.25, 0.3) is 0 Å². The lowest BCUT2D eigenvalue weighted by atomic mass is 10.4. The second-order valence-corrected chi connectivity index (χ2v) is 1.70. The van der Waals surface area contributed by atoms with E-state index in [0.29, 0.717) is 6.04 Å². The van der Waals surface area contributed by atoms with Crippen molar-refractivity contribution >= 4 is 0 Å². The van der Waals surface area contributed by atoms with E-state index in [0.717, 1.165) is 6.54 Å². The molecule has 0 aromatic carbocycles. The Morgan fingerprint density at radius 2 is 2.38 bits per heavy atom. The van der Waals surface area contributed by atoms with Gasteiger partial charge in [-0.3, -0.25) is 10.9 Å². The summed E-state index contributed by atoms with van der Waals surface area (Å²) in [6, 6.07) is 0.356. The van der Waals surface area contributed by atoms with Crippen LogP contribution in [-0.4, -0.2) is 12.6 Å². The fourth-order valence-electron chi connectivity index (χ4n) is 0.322. The van der Waals surface area contributed by atoms with E-state index in [1.54, 1.807) is 0 Å². The zero-order chi connectivity index (χ0) is 6.41. The summed E-state index contributed by atoms with van der Waals surface area (Å²) >= 11 is 0. The first-order valence-corrected chi connectivity index (χ1v) is 2.92. The van der Waals surface area contributed by atoms with Gasteiger partial charge in [0.25, 0.3) is 0 Å². The minimum atomic E-state index is 0.356. The van der Waals surface area contributed by atoms with Gasteiger partial charge in [-0.1, -0.05) is 13.0 Å². The molecule has 2 nitrogen and oxygen atoms in total. The maximum absolute atomic E-state index is 3.61. The van der Waals surface area contributed by atoms with Gasteiger partial charge in [0.05, 0.1) is 0 Å². The van der Waals surface area contributed by atoms with Crippen LogP contribution in [0.5, 0.6) is 0 Å². The highest BCUT2D eigenvalue weighted by Crippen LogP contribution is 1.75. The number of hydrogen-bond donors (Lipinski definition) is 2. The molecular weight excluding hydrogens is 100 g/mol. The molecule has 0 saturated heterocycles. The van der Waals surface area contributed by atoms with E-state index in [2.05, 4.69) is 17.4 Å². The van der Waals surface area contributed by atoms with Crippen molar-refractivity contribution in [1.29, 1.82) is 0 Å². The van der Waals surface area contributed by atoms with E-state index < -0.39 is 0 Å². The highest BCUT2D eigenvalue weighted by atomic mass is 15.4. The maximum Gasteiger partial charge on any atom is 0.0361 e. The number of hydrazine groups is 1. The Kier molecular flexibility index (Phi) is 4.61. The lowest BCUT2D eigenvalue weighted by molar-refractivity contribution is 0.515. The molecule has 2 N–H and O–H groups in total. The molecule has 0 amide bonds. The molecule has 0 aromatic rings. The molecule has 0 saturated carbocycles. The van der Waals surface area contributed by atoms with E-state index in [1.807, 2.05) is 19.9 Å². The molecule has 0 aliphatic rings. The van der Waals surface area contributed by atoms with Crippen molar-refractivity contribution in [2.45, 2.75) is 19.9 Å². The number of hydrogen-bond acceptors (Lipinski definition) is 2. The predicted octanol–water partition coefficient (Wildman–Crippen LogP) is 0.675. The monoisotopic (exact) mass is 114 g/mol. The average molecular weight is 114 g/mol. The standard InChI is InChI=1S/C6H14N2/c1-4-6(3)8-7-5-2/h4,6-8H,1,5H2,2-3H3. The smallest absolute Gasteiger partial charge is 0.0361 e. The molecular formula is C6H14N2. The highest BCUT2D eigenvalue weighted by Gasteiger charge is 1.87. The molecule has 0 aromatic heterocycles. The zero-order valence-electron chi connectivity index (χ0n) is 5.57. The first-order chi connectivity index (χ1) is 3.81.